The van der Waals surface area contributed by atoms with Crippen LogP contribution in [0.5, 0.6) is 0 Å². The number of carbonyl (C=O) groups excluding carboxylic acids is 2. The Morgan fingerprint density at radius 1 is 1.17 bits per heavy atom. The smallest absolute Gasteiger partial charge is 0.255 e. The molecule has 1 atom stereocenters. The van der Waals surface area contributed by atoms with Gasteiger partial charge >= 0.3 is 0 Å². The second-order valence-corrected chi connectivity index (χ2v) is 7.69. The number of rotatable bonds is 6. The van der Waals surface area contributed by atoms with Crippen molar-refractivity contribution in [3.8, 4) is 0 Å². The van der Waals surface area contributed by atoms with Crippen LogP contribution in [0.3, 0.4) is 0 Å². The molecule has 2 N–H and O–H groups in total. The number of aromatic nitrogens is 3. The van der Waals surface area contributed by atoms with Gasteiger partial charge in [-0.2, -0.15) is 0 Å². The van der Waals surface area contributed by atoms with Crippen molar-refractivity contribution in [1.29, 1.82) is 0 Å². The summed E-state index contributed by atoms with van der Waals surface area (Å²) in [5.41, 5.74) is 8.47. The predicted molar refractivity (Wildman–Crippen MR) is 110 cm³/mol. The standard InChI is InChI=1S/C22H25N5O2/c23-20(28)9-8-17-7-4-10-26(13-17)22(29)18-11-19-21(24-12-18)27(15-25-19)14-16-5-2-1-3-6-16/h1-3,5-6,11-12,15,17H,4,7-10,13-14H2,(H2,23,28). The van der Waals surface area contributed by atoms with E-state index in [1.165, 1.54) is 5.56 Å². The summed E-state index contributed by atoms with van der Waals surface area (Å²) >= 11 is 0. The lowest BCUT2D eigenvalue weighted by Gasteiger charge is -2.32. The molecular weight excluding hydrogens is 366 g/mol. The normalized spacial score (nSPS) is 16.8. The van der Waals surface area contributed by atoms with Gasteiger partial charge in [0.25, 0.3) is 5.91 Å². The molecule has 4 rings (SSSR count). The Morgan fingerprint density at radius 2 is 2.00 bits per heavy atom. The van der Waals surface area contributed by atoms with Gasteiger partial charge in [-0.25, -0.2) is 9.97 Å². The summed E-state index contributed by atoms with van der Waals surface area (Å²) < 4.78 is 1.99. The van der Waals surface area contributed by atoms with E-state index in [0.717, 1.165) is 31.5 Å². The summed E-state index contributed by atoms with van der Waals surface area (Å²) in [4.78, 5) is 34.9. The van der Waals surface area contributed by atoms with E-state index in [0.29, 0.717) is 36.5 Å². The third-order valence-electron chi connectivity index (χ3n) is 5.50. The van der Waals surface area contributed by atoms with Gasteiger partial charge < -0.3 is 15.2 Å². The summed E-state index contributed by atoms with van der Waals surface area (Å²) in [6.45, 7) is 2.07. The Kier molecular flexibility index (Phi) is 5.55. The molecule has 0 radical (unpaired) electrons. The van der Waals surface area contributed by atoms with Crippen molar-refractivity contribution in [1.82, 2.24) is 19.4 Å². The summed E-state index contributed by atoms with van der Waals surface area (Å²) in [5.74, 6) is 0.0111. The number of piperidine rings is 1. The summed E-state index contributed by atoms with van der Waals surface area (Å²) in [7, 11) is 0. The quantitative estimate of drug-likeness (QED) is 0.699. The summed E-state index contributed by atoms with van der Waals surface area (Å²) in [6, 6.07) is 12.0. The number of pyridine rings is 1. The number of fused-ring (bicyclic) bond motifs is 1. The maximum absolute atomic E-state index is 13.0. The highest BCUT2D eigenvalue weighted by molar-refractivity contribution is 5.96. The minimum Gasteiger partial charge on any atom is -0.370 e. The first-order chi connectivity index (χ1) is 14.1. The number of benzene rings is 1. The van der Waals surface area contributed by atoms with Crippen LogP contribution in [0.2, 0.25) is 0 Å². The molecule has 1 aliphatic rings. The Bertz CT molecular complexity index is 1010. The maximum atomic E-state index is 13.0. The molecule has 7 nitrogen and oxygen atoms in total. The minimum absolute atomic E-state index is 0.0271. The second kappa shape index (κ2) is 8.43. The van der Waals surface area contributed by atoms with Crippen LogP contribution in [0, 0.1) is 5.92 Å². The Hall–Kier alpha value is -3.22. The zero-order valence-corrected chi connectivity index (χ0v) is 16.3. The van der Waals surface area contributed by atoms with E-state index >= 15 is 0 Å². The van der Waals surface area contributed by atoms with Gasteiger partial charge in [0.15, 0.2) is 5.65 Å². The highest BCUT2D eigenvalue weighted by atomic mass is 16.2. The van der Waals surface area contributed by atoms with Crippen LogP contribution in [0.4, 0.5) is 0 Å². The van der Waals surface area contributed by atoms with E-state index in [-0.39, 0.29) is 11.8 Å². The zero-order chi connectivity index (χ0) is 20.2. The molecule has 0 bridgehead atoms. The van der Waals surface area contributed by atoms with E-state index in [2.05, 4.69) is 22.1 Å². The van der Waals surface area contributed by atoms with E-state index in [1.807, 2.05) is 33.7 Å². The highest BCUT2D eigenvalue weighted by Gasteiger charge is 2.25. The molecule has 7 heteroatoms. The van der Waals surface area contributed by atoms with Crippen LogP contribution in [0.1, 0.15) is 41.6 Å². The number of likely N-dealkylation sites (tertiary alicyclic amines) is 1. The first kappa shape index (κ1) is 19.1. The predicted octanol–water partition coefficient (Wildman–Crippen LogP) is 2.60. The van der Waals surface area contributed by atoms with Crippen LogP contribution < -0.4 is 5.73 Å². The lowest BCUT2D eigenvalue weighted by Crippen LogP contribution is -2.40. The molecule has 1 aromatic carbocycles. The molecule has 1 fully saturated rings. The van der Waals surface area contributed by atoms with Crippen LogP contribution >= 0.6 is 0 Å². The Morgan fingerprint density at radius 3 is 2.79 bits per heavy atom. The highest BCUT2D eigenvalue weighted by Crippen LogP contribution is 2.23. The molecular formula is C22H25N5O2. The molecule has 1 aliphatic heterocycles. The van der Waals surface area contributed by atoms with Crippen LogP contribution in [0.15, 0.2) is 48.9 Å². The topological polar surface area (TPSA) is 94.1 Å². The van der Waals surface area contributed by atoms with Gasteiger partial charge in [0, 0.05) is 25.7 Å². The number of primary amides is 1. The molecule has 0 aliphatic carbocycles. The average molecular weight is 391 g/mol. The lowest BCUT2D eigenvalue weighted by atomic mass is 9.93. The summed E-state index contributed by atoms with van der Waals surface area (Å²) in [6.07, 6.45) is 6.48. The SMILES string of the molecule is NC(=O)CCC1CCCN(C(=O)c2cnc3c(c2)ncn3Cc2ccccc2)C1. The first-order valence-corrected chi connectivity index (χ1v) is 10.0. The van der Waals surface area contributed by atoms with Gasteiger partial charge in [0.05, 0.1) is 18.4 Å². The lowest BCUT2D eigenvalue weighted by molar-refractivity contribution is -0.118. The minimum atomic E-state index is -0.283. The molecule has 2 amide bonds. The first-order valence-electron chi connectivity index (χ1n) is 10.0. The molecule has 3 heterocycles. The Balaban J connectivity index is 1.48. The fourth-order valence-electron chi connectivity index (χ4n) is 3.98. The number of imidazole rings is 1. The number of nitrogens with two attached hydrogens (primary N) is 1. The number of amides is 2. The van der Waals surface area contributed by atoms with Crippen LogP contribution in [0.25, 0.3) is 11.2 Å². The van der Waals surface area contributed by atoms with Crippen molar-refractivity contribution in [2.75, 3.05) is 13.1 Å². The number of hydrogen-bond acceptors (Lipinski definition) is 4. The van der Waals surface area contributed by atoms with E-state index in [4.69, 9.17) is 5.73 Å². The van der Waals surface area contributed by atoms with Crippen molar-refractivity contribution in [2.45, 2.75) is 32.2 Å². The number of nitrogens with zero attached hydrogens (tertiary/aromatic N) is 4. The fourth-order valence-corrected chi connectivity index (χ4v) is 3.98. The van der Waals surface area contributed by atoms with Gasteiger partial charge in [-0.05, 0) is 36.8 Å². The largest absolute Gasteiger partial charge is 0.370 e. The van der Waals surface area contributed by atoms with Crippen LogP contribution in [-0.2, 0) is 11.3 Å². The van der Waals surface area contributed by atoms with Crippen molar-refractivity contribution in [2.24, 2.45) is 11.7 Å². The van der Waals surface area contributed by atoms with E-state index in [1.54, 1.807) is 12.5 Å². The fraction of sp³-hybridized carbons (Fsp3) is 0.364. The molecule has 0 spiro atoms. The van der Waals surface area contributed by atoms with Crippen molar-refractivity contribution in [3.63, 3.8) is 0 Å². The van der Waals surface area contributed by atoms with Gasteiger partial charge in [-0.1, -0.05) is 30.3 Å². The monoisotopic (exact) mass is 391 g/mol. The van der Waals surface area contributed by atoms with Crippen molar-refractivity contribution in [3.05, 3.63) is 60.0 Å². The van der Waals surface area contributed by atoms with E-state index < -0.39 is 0 Å². The summed E-state index contributed by atoms with van der Waals surface area (Å²) in [5, 5.41) is 0. The molecule has 0 saturated carbocycles. The third kappa shape index (κ3) is 4.45. The molecule has 29 heavy (non-hydrogen) atoms. The molecule has 1 saturated heterocycles. The average Bonchev–Trinajstić information content (AvgIpc) is 3.14. The second-order valence-electron chi connectivity index (χ2n) is 7.69. The van der Waals surface area contributed by atoms with Gasteiger partial charge in [0.2, 0.25) is 5.91 Å². The number of hydrogen-bond donors (Lipinski definition) is 1. The molecule has 3 aromatic rings. The van der Waals surface area contributed by atoms with Crippen molar-refractivity contribution >= 4 is 23.0 Å². The van der Waals surface area contributed by atoms with Gasteiger partial charge in [-0.3, -0.25) is 9.59 Å². The van der Waals surface area contributed by atoms with Crippen molar-refractivity contribution < 1.29 is 9.59 Å². The maximum Gasteiger partial charge on any atom is 0.255 e. The van der Waals surface area contributed by atoms with Gasteiger partial charge in [0.1, 0.15) is 5.52 Å². The van der Waals surface area contributed by atoms with Crippen LogP contribution in [-0.4, -0.2) is 44.3 Å². The third-order valence-corrected chi connectivity index (χ3v) is 5.50. The molecule has 1 unspecified atom stereocenters. The van der Waals surface area contributed by atoms with Gasteiger partial charge in [-0.15, -0.1) is 0 Å². The zero-order valence-electron chi connectivity index (χ0n) is 16.3. The molecule has 150 valence electrons. The number of carbonyl (C=O) groups is 2. The molecule has 2 aromatic heterocycles. The van der Waals surface area contributed by atoms with E-state index in [9.17, 15) is 9.59 Å². The Labute approximate surface area is 169 Å².